The van der Waals surface area contributed by atoms with Gasteiger partial charge >= 0.3 is 10.3 Å². The van der Waals surface area contributed by atoms with E-state index in [1.807, 2.05) is 0 Å². The van der Waals surface area contributed by atoms with Crippen LogP contribution in [0, 0.1) is 0 Å². The van der Waals surface area contributed by atoms with E-state index in [9.17, 15) is 8.42 Å². The molecule has 4 nitrogen and oxygen atoms in total. The topological polar surface area (TPSA) is 66.4 Å². The Kier molecular flexibility index (Phi) is 5.75. The molecule has 48 valence electrons. The Morgan fingerprint density at radius 1 is 1.57 bits per heavy atom. The largest absolute Gasteiger partial charge is 0.336 e. The van der Waals surface area contributed by atoms with E-state index in [4.69, 9.17) is 4.55 Å². The second kappa shape index (κ2) is 3.75. The van der Waals surface area contributed by atoms with Crippen molar-refractivity contribution in [2.75, 3.05) is 0 Å². The van der Waals surface area contributed by atoms with E-state index in [0.29, 0.717) is 0 Å². The molecule has 1 atom stereocenters. The van der Waals surface area contributed by atoms with E-state index in [1.54, 1.807) is 13.9 Å². The summed E-state index contributed by atoms with van der Waals surface area (Å²) in [7, 11) is -2.31. The molecular formula is H4NNiO3PS. The van der Waals surface area contributed by atoms with Crippen molar-refractivity contribution in [3.8, 4) is 0 Å². The van der Waals surface area contributed by atoms with Crippen LogP contribution in [0.1, 0.15) is 0 Å². The fourth-order valence-corrected chi connectivity index (χ4v) is 0. The van der Waals surface area contributed by atoms with Crippen molar-refractivity contribution in [1.29, 1.82) is 0 Å². The molecule has 0 rings (SSSR count). The fourth-order valence-electron chi connectivity index (χ4n) is 0. The average molecular weight is 188 g/mol. The second-order valence-electron chi connectivity index (χ2n) is 0.593. The number of hydrogen-bond acceptors (Lipinski definition) is 2. The summed E-state index contributed by atoms with van der Waals surface area (Å²) in [5.74, 6) is 0. The van der Waals surface area contributed by atoms with Crippen molar-refractivity contribution in [1.82, 2.24) is 4.49 Å². The van der Waals surface area contributed by atoms with Crippen LogP contribution in [0.2, 0.25) is 0 Å². The zero-order chi connectivity index (χ0) is 5.21. The summed E-state index contributed by atoms with van der Waals surface area (Å²) in [6.07, 6.45) is 0. The third-order valence-corrected chi connectivity index (χ3v) is 1.34. The van der Waals surface area contributed by atoms with Crippen LogP contribution >= 0.6 is 9.39 Å². The predicted octanol–water partition coefficient (Wildman–Crippen LogP) is -0.834. The third-order valence-electron chi connectivity index (χ3n) is 0.149. The first-order valence-corrected chi connectivity index (χ1v) is 3.03. The van der Waals surface area contributed by atoms with Crippen LogP contribution in [0.4, 0.5) is 0 Å². The quantitative estimate of drug-likeness (QED) is 0.320. The molecule has 0 aliphatic heterocycles. The van der Waals surface area contributed by atoms with Crippen LogP contribution in [-0.2, 0) is 26.8 Å². The molecule has 0 spiro atoms. The van der Waals surface area contributed by atoms with Crippen molar-refractivity contribution in [2.45, 2.75) is 0 Å². The molecule has 0 amide bonds. The van der Waals surface area contributed by atoms with Crippen LogP contribution in [0.25, 0.3) is 0 Å². The Balaban J connectivity index is 0. The minimum atomic E-state index is -3.95. The van der Waals surface area contributed by atoms with Gasteiger partial charge in [-0.2, -0.15) is 12.9 Å². The number of nitrogens with one attached hydrogen (secondary N) is 1. The maximum Gasteiger partial charge on any atom is 0.336 e. The summed E-state index contributed by atoms with van der Waals surface area (Å²) in [5, 5.41) is 0. The monoisotopic (exact) mass is 187 g/mol. The Morgan fingerprint density at radius 3 is 1.71 bits per heavy atom. The van der Waals surface area contributed by atoms with Gasteiger partial charge in [-0.25, -0.2) is 0 Å². The van der Waals surface area contributed by atoms with Gasteiger partial charge in [-0.3, -0.25) is 4.55 Å². The molecule has 0 fully saturated rings. The molecule has 7 heteroatoms. The standard InChI is InChI=1S/H4NO3PS.Ni/c2-6(3,4)1-5;/h1H,5H2,(H,2,3,4);. The third kappa shape index (κ3) is 10.8. The van der Waals surface area contributed by atoms with Gasteiger partial charge in [0.1, 0.15) is 0 Å². The van der Waals surface area contributed by atoms with Crippen LogP contribution in [0.5, 0.6) is 0 Å². The van der Waals surface area contributed by atoms with Crippen molar-refractivity contribution < 1.29 is 29.5 Å². The summed E-state index contributed by atoms with van der Waals surface area (Å²) < 4.78 is 28.1. The first-order valence-electron chi connectivity index (χ1n) is 1.01. The predicted molar refractivity (Wildman–Crippen MR) is 24.4 cm³/mol. The Hall–Kier alpha value is 0.794. The zero-order valence-corrected chi connectivity index (χ0v) is 6.02. The summed E-state index contributed by atoms with van der Waals surface area (Å²) in [4.78, 5) is 0. The van der Waals surface area contributed by atoms with Gasteiger partial charge in [0.15, 0.2) is 0 Å². The van der Waals surface area contributed by atoms with Crippen molar-refractivity contribution in [3.63, 3.8) is 0 Å². The molecule has 0 radical (unpaired) electrons. The first-order chi connectivity index (χ1) is 2.56. The van der Waals surface area contributed by atoms with Crippen LogP contribution in [0.3, 0.4) is 0 Å². The molecule has 0 bridgehead atoms. The molecule has 0 saturated carbocycles. The summed E-state index contributed by atoms with van der Waals surface area (Å²) in [5.41, 5.74) is 0. The maximum absolute atomic E-state index is 9.42. The average Bonchev–Trinajstić information content (AvgIpc) is 1.35. The van der Waals surface area contributed by atoms with Crippen LogP contribution in [-0.4, -0.2) is 13.0 Å². The van der Waals surface area contributed by atoms with Crippen LogP contribution < -0.4 is 4.49 Å². The first kappa shape index (κ1) is 10.7. The van der Waals surface area contributed by atoms with Crippen molar-refractivity contribution in [3.05, 3.63) is 0 Å². The SMILES string of the molecule is O=S(=O)(O)NP.[Ni]. The summed E-state index contributed by atoms with van der Waals surface area (Å²) in [6.45, 7) is 0. The van der Waals surface area contributed by atoms with E-state index >= 15 is 0 Å². The normalized spacial score (nSPS) is 10.0. The van der Waals surface area contributed by atoms with E-state index in [1.165, 1.54) is 0 Å². The molecule has 2 N–H and O–H groups in total. The van der Waals surface area contributed by atoms with Gasteiger partial charge in [-0.05, 0) is 9.39 Å². The molecule has 7 heavy (non-hydrogen) atoms. The van der Waals surface area contributed by atoms with E-state index in [-0.39, 0.29) is 16.5 Å². The van der Waals surface area contributed by atoms with E-state index in [2.05, 4.69) is 0 Å². The van der Waals surface area contributed by atoms with Gasteiger partial charge in [-0.1, -0.05) is 0 Å². The Bertz CT molecular complexity index is 117. The van der Waals surface area contributed by atoms with Gasteiger partial charge in [0, 0.05) is 16.5 Å². The maximum atomic E-state index is 9.42. The summed E-state index contributed by atoms with van der Waals surface area (Å²) >= 11 is 0. The second-order valence-corrected chi connectivity index (χ2v) is 2.49. The minimum Gasteiger partial charge on any atom is -0.273 e. The number of hydrogen-bond donors (Lipinski definition) is 2. The van der Waals surface area contributed by atoms with Crippen LogP contribution in [0.15, 0.2) is 0 Å². The van der Waals surface area contributed by atoms with E-state index < -0.39 is 10.3 Å². The molecule has 0 aliphatic carbocycles. The summed E-state index contributed by atoms with van der Waals surface area (Å²) in [6, 6.07) is 0. The molecular weight excluding hydrogens is 184 g/mol. The number of rotatable bonds is 1. The van der Waals surface area contributed by atoms with Gasteiger partial charge < -0.3 is 0 Å². The molecule has 0 heterocycles. The molecule has 0 aromatic carbocycles. The van der Waals surface area contributed by atoms with Crippen molar-refractivity contribution >= 4 is 19.7 Å². The van der Waals surface area contributed by atoms with Gasteiger partial charge in [0.25, 0.3) is 0 Å². The molecule has 1 unspecified atom stereocenters. The van der Waals surface area contributed by atoms with Crippen molar-refractivity contribution in [2.24, 2.45) is 0 Å². The Morgan fingerprint density at radius 2 is 1.71 bits per heavy atom. The zero-order valence-electron chi connectivity index (χ0n) is 3.07. The molecule has 0 aliphatic rings. The molecule has 0 aromatic rings. The molecule has 0 aromatic heterocycles. The molecule has 0 saturated heterocycles. The fraction of sp³-hybridized carbons (Fsp3) is 0. The van der Waals surface area contributed by atoms with Gasteiger partial charge in [-0.15, -0.1) is 0 Å². The minimum absolute atomic E-state index is 0. The smallest absolute Gasteiger partial charge is 0.273 e. The van der Waals surface area contributed by atoms with Gasteiger partial charge in [0.2, 0.25) is 0 Å². The van der Waals surface area contributed by atoms with E-state index in [0.717, 1.165) is 0 Å². The van der Waals surface area contributed by atoms with Gasteiger partial charge in [0.05, 0.1) is 0 Å². The Labute approximate surface area is 54.1 Å².